The van der Waals surface area contributed by atoms with Crippen molar-refractivity contribution in [3.05, 3.63) is 85.1 Å². The van der Waals surface area contributed by atoms with Gasteiger partial charge in [0.2, 0.25) is 0 Å². The van der Waals surface area contributed by atoms with Crippen LogP contribution in [0.15, 0.2) is 85.1 Å². The maximum atomic E-state index is 12.7. The Morgan fingerprint density at radius 1 is 0.517 bits per heavy atom. The van der Waals surface area contributed by atoms with Crippen LogP contribution in [0.5, 0.6) is 0 Å². The number of esters is 2. The zero-order valence-electron chi connectivity index (χ0n) is 37.5. The van der Waals surface area contributed by atoms with E-state index < -0.39 is 18.1 Å². The normalized spacial score (nSPS) is 13.7. The molecule has 0 rings (SSSR count). The number of rotatable bonds is 39. The Kier molecular flexibility index (Phi) is 37.9. The minimum Gasteiger partial charge on any atom is -0.477 e. The monoisotopic (exact) mass is 811 g/mol. The first-order chi connectivity index (χ1) is 28.1. The number of quaternary nitrogens is 1. The molecule has 0 aliphatic heterocycles. The Labute approximate surface area is 354 Å². The van der Waals surface area contributed by atoms with E-state index in [1.807, 2.05) is 21.1 Å². The van der Waals surface area contributed by atoms with Gasteiger partial charge in [-0.15, -0.1) is 0 Å². The molecule has 0 aromatic heterocycles. The molecule has 0 aliphatic rings. The lowest BCUT2D eigenvalue weighted by atomic mass is 10.1. The van der Waals surface area contributed by atoms with Crippen molar-refractivity contribution < 1.29 is 38.2 Å². The number of likely N-dealkylation sites (N-methyl/N-ethyl adjacent to an activating group) is 1. The molecule has 0 fully saturated rings. The van der Waals surface area contributed by atoms with Gasteiger partial charge in [-0.05, 0) is 83.5 Å². The molecule has 2 unspecified atom stereocenters. The summed E-state index contributed by atoms with van der Waals surface area (Å²) in [5, 5.41) is 9.62. The Morgan fingerprint density at radius 2 is 0.914 bits per heavy atom. The predicted octanol–water partition coefficient (Wildman–Crippen LogP) is 12.5. The van der Waals surface area contributed by atoms with Gasteiger partial charge in [-0.1, -0.05) is 144 Å². The predicted molar refractivity (Wildman–Crippen MR) is 243 cm³/mol. The number of carbonyl (C=O) groups is 3. The van der Waals surface area contributed by atoms with Gasteiger partial charge in [0, 0.05) is 19.3 Å². The molecule has 58 heavy (non-hydrogen) atoms. The van der Waals surface area contributed by atoms with Crippen molar-refractivity contribution >= 4 is 17.9 Å². The largest absolute Gasteiger partial charge is 0.477 e. The van der Waals surface area contributed by atoms with Crippen LogP contribution in [0.2, 0.25) is 0 Å². The molecule has 0 spiro atoms. The number of carboxylic acids is 1. The molecular formula is C50H84NO7+. The highest BCUT2D eigenvalue weighted by molar-refractivity contribution is 5.72. The van der Waals surface area contributed by atoms with Crippen LogP contribution in [-0.2, 0) is 28.6 Å². The fraction of sp³-hybridized carbons (Fsp3) is 0.660. The SMILES string of the molecule is CCCCC/C=C/C/C=C/C/C=C/C/C=C/CCCC(=O)OC(COCCC(C(=O)O)[N+](C)(C)C)COC(=O)CCC/C=C/C/C=C/C/C=C/CCCCCCCC. The second kappa shape index (κ2) is 40.3. The third-order valence-corrected chi connectivity index (χ3v) is 9.52. The van der Waals surface area contributed by atoms with Gasteiger partial charge in [0.1, 0.15) is 6.61 Å². The van der Waals surface area contributed by atoms with Gasteiger partial charge in [0.05, 0.1) is 34.4 Å². The molecule has 0 aliphatic carbocycles. The van der Waals surface area contributed by atoms with Gasteiger partial charge in [-0.3, -0.25) is 9.59 Å². The number of unbranched alkanes of at least 4 members (excludes halogenated alkanes) is 11. The van der Waals surface area contributed by atoms with Crippen LogP contribution in [0.25, 0.3) is 0 Å². The van der Waals surface area contributed by atoms with Gasteiger partial charge < -0.3 is 23.8 Å². The van der Waals surface area contributed by atoms with E-state index in [2.05, 4.69) is 98.9 Å². The van der Waals surface area contributed by atoms with Gasteiger partial charge in [0.25, 0.3) is 0 Å². The van der Waals surface area contributed by atoms with E-state index in [1.165, 1.54) is 70.6 Å². The Morgan fingerprint density at radius 3 is 1.38 bits per heavy atom. The number of carbonyl (C=O) groups excluding carboxylic acids is 2. The molecule has 0 saturated heterocycles. The van der Waals surface area contributed by atoms with Gasteiger partial charge in [-0.2, -0.15) is 0 Å². The molecule has 330 valence electrons. The summed E-state index contributed by atoms with van der Waals surface area (Å²) in [6, 6.07) is -0.636. The second-order valence-corrected chi connectivity index (χ2v) is 15.9. The van der Waals surface area contributed by atoms with E-state index in [1.54, 1.807) is 0 Å². The van der Waals surface area contributed by atoms with E-state index in [4.69, 9.17) is 14.2 Å². The fourth-order valence-electron chi connectivity index (χ4n) is 5.98. The zero-order valence-corrected chi connectivity index (χ0v) is 37.5. The van der Waals surface area contributed by atoms with Crippen LogP contribution >= 0.6 is 0 Å². The van der Waals surface area contributed by atoms with Crippen molar-refractivity contribution in [3.63, 3.8) is 0 Å². The minimum atomic E-state index is -0.893. The number of hydrogen-bond donors (Lipinski definition) is 1. The molecule has 0 amide bonds. The first kappa shape index (κ1) is 54.5. The van der Waals surface area contributed by atoms with Crippen molar-refractivity contribution in [2.24, 2.45) is 0 Å². The second-order valence-electron chi connectivity index (χ2n) is 15.9. The first-order valence-electron chi connectivity index (χ1n) is 22.6. The number of hydrogen-bond acceptors (Lipinski definition) is 6. The number of ether oxygens (including phenoxy) is 3. The molecule has 8 heteroatoms. The Balaban J connectivity index is 4.53. The Bertz CT molecular complexity index is 1220. The van der Waals surface area contributed by atoms with Crippen LogP contribution in [-0.4, -0.2) is 80.6 Å². The third-order valence-electron chi connectivity index (χ3n) is 9.52. The van der Waals surface area contributed by atoms with Crippen LogP contribution in [0.4, 0.5) is 0 Å². The summed E-state index contributed by atoms with van der Waals surface area (Å²) >= 11 is 0. The lowest BCUT2D eigenvalue weighted by Gasteiger charge is -2.31. The van der Waals surface area contributed by atoms with E-state index in [-0.39, 0.29) is 49.1 Å². The lowest BCUT2D eigenvalue weighted by Crippen LogP contribution is -2.50. The quantitative estimate of drug-likeness (QED) is 0.0286. The fourth-order valence-corrected chi connectivity index (χ4v) is 5.98. The summed E-state index contributed by atoms with van der Waals surface area (Å²) in [5.41, 5.74) is 0. The van der Waals surface area contributed by atoms with Gasteiger partial charge in [-0.25, -0.2) is 4.79 Å². The summed E-state index contributed by atoms with van der Waals surface area (Å²) in [7, 11) is 5.48. The number of nitrogens with zero attached hydrogens (tertiary/aromatic N) is 1. The summed E-state index contributed by atoms with van der Waals surface area (Å²) in [6.07, 6.45) is 52.1. The summed E-state index contributed by atoms with van der Waals surface area (Å²) < 4.78 is 17.2. The lowest BCUT2D eigenvalue weighted by molar-refractivity contribution is -0.887. The molecule has 8 nitrogen and oxygen atoms in total. The number of carboxylic acid groups (broad SMARTS) is 1. The highest BCUT2D eigenvalue weighted by atomic mass is 16.6. The Hall–Kier alpha value is -3.49. The maximum Gasteiger partial charge on any atom is 0.362 e. The highest BCUT2D eigenvalue weighted by Gasteiger charge is 2.31. The highest BCUT2D eigenvalue weighted by Crippen LogP contribution is 2.11. The third kappa shape index (κ3) is 38.1. The van der Waals surface area contributed by atoms with E-state index in [9.17, 15) is 19.5 Å². The van der Waals surface area contributed by atoms with Crippen molar-refractivity contribution in [1.29, 1.82) is 0 Å². The summed E-state index contributed by atoms with van der Waals surface area (Å²) in [5.74, 6) is -1.62. The summed E-state index contributed by atoms with van der Waals surface area (Å²) in [4.78, 5) is 37.0. The minimum absolute atomic E-state index is 0.0187. The average Bonchev–Trinajstić information content (AvgIpc) is 3.18. The van der Waals surface area contributed by atoms with Gasteiger partial charge in [0.15, 0.2) is 12.1 Å². The number of allylic oxidation sites excluding steroid dienone is 14. The molecule has 0 aromatic rings. The van der Waals surface area contributed by atoms with E-state index in [0.717, 1.165) is 44.9 Å². The van der Waals surface area contributed by atoms with Crippen molar-refractivity contribution in [2.75, 3.05) is 41.0 Å². The maximum absolute atomic E-state index is 12.7. The van der Waals surface area contributed by atoms with Crippen LogP contribution in [0.1, 0.15) is 162 Å². The smallest absolute Gasteiger partial charge is 0.362 e. The standard InChI is InChI=1S/C50H83NO7/c1-6-8-10-12-14-16-18-20-22-24-26-28-30-32-34-36-38-40-48(52)57-45-46(44-56-43-42-47(50(54)55)51(3,4)5)58-49(53)41-39-37-35-33-31-29-27-25-23-21-19-17-15-13-11-9-7-2/h15,17,20-23,26-29,32-35,46-47H,6-14,16,18-19,24-25,30-31,36-45H2,1-5H3/p+1/b17-15+,22-20+,23-21+,28-26+,29-27+,34-32+,35-33+. The molecule has 1 N–H and O–H groups in total. The van der Waals surface area contributed by atoms with E-state index >= 15 is 0 Å². The van der Waals surface area contributed by atoms with Crippen LogP contribution < -0.4 is 0 Å². The van der Waals surface area contributed by atoms with Crippen LogP contribution in [0, 0.1) is 0 Å². The van der Waals surface area contributed by atoms with Gasteiger partial charge >= 0.3 is 17.9 Å². The topological polar surface area (TPSA) is 99.1 Å². The van der Waals surface area contributed by atoms with E-state index in [0.29, 0.717) is 19.3 Å². The molecule has 0 saturated carbocycles. The molecule has 0 heterocycles. The van der Waals surface area contributed by atoms with Crippen molar-refractivity contribution in [1.82, 2.24) is 0 Å². The zero-order chi connectivity index (χ0) is 42.8. The van der Waals surface area contributed by atoms with Crippen LogP contribution in [0.3, 0.4) is 0 Å². The van der Waals surface area contributed by atoms with Crippen molar-refractivity contribution in [2.45, 2.75) is 174 Å². The molecule has 0 radical (unpaired) electrons. The average molecular weight is 811 g/mol. The molecule has 0 aromatic carbocycles. The first-order valence-corrected chi connectivity index (χ1v) is 22.6. The molecular weight excluding hydrogens is 727 g/mol. The molecule has 2 atom stereocenters. The molecule has 0 bridgehead atoms. The van der Waals surface area contributed by atoms with Crippen molar-refractivity contribution in [3.8, 4) is 0 Å². The number of aliphatic carboxylic acids is 1. The summed E-state index contributed by atoms with van der Waals surface area (Å²) in [6.45, 7) is 4.57.